The molecule has 4 aromatic rings. The van der Waals surface area contributed by atoms with E-state index in [9.17, 15) is 9.59 Å². The number of rotatable bonds is 10. The van der Waals surface area contributed by atoms with E-state index < -0.39 is 0 Å². The lowest BCUT2D eigenvalue weighted by atomic mass is 10.1. The molecule has 2 fully saturated rings. The highest BCUT2D eigenvalue weighted by molar-refractivity contribution is 6.04. The van der Waals surface area contributed by atoms with Crippen LogP contribution in [0.4, 0.5) is 11.6 Å². The van der Waals surface area contributed by atoms with Crippen LogP contribution in [-0.4, -0.2) is 79.1 Å². The number of piperidine rings is 1. The number of aryl methyl sites for hydroxylation is 1. The van der Waals surface area contributed by atoms with Crippen molar-refractivity contribution in [2.24, 2.45) is 0 Å². The number of benzene rings is 1. The SMILES string of the molecule is CCCc1ccnc(NC(=O)c2ccc(-c3nn(C4CCCN(C(=O)/C=C/CN(C)C5CC5)C4)c4ncnc(N)c34)cc2)c1. The van der Waals surface area contributed by atoms with Crippen LogP contribution >= 0.6 is 0 Å². The second-order valence-corrected chi connectivity index (χ2v) is 11.7. The van der Waals surface area contributed by atoms with Gasteiger partial charge in [-0.25, -0.2) is 19.6 Å². The maximum absolute atomic E-state index is 13.0. The molecule has 44 heavy (non-hydrogen) atoms. The Kier molecular flexibility index (Phi) is 8.65. The third kappa shape index (κ3) is 6.47. The van der Waals surface area contributed by atoms with Crippen LogP contribution < -0.4 is 11.1 Å². The molecule has 11 heteroatoms. The number of aromatic nitrogens is 5. The summed E-state index contributed by atoms with van der Waals surface area (Å²) < 4.78 is 1.89. The van der Waals surface area contributed by atoms with Gasteiger partial charge in [-0.15, -0.1) is 0 Å². The number of carbonyl (C=O) groups is 2. The lowest BCUT2D eigenvalue weighted by molar-refractivity contribution is -0.127. The fourth-order valence-corrected chi connectivity index (χ4v) is 5.85. The monoisotopic (exact) mass is 593 g/mol. The first-order valence-electron chi connectivity index (χ1n) is 15.4. The number of anilines is 2. The first kappa shape index (κ1) is 29.4. The lowest BCUT2D eigenvalue weighted by Gasteiger charge is -2.32. The molecule has 2 amide bonds. The Hall–Kier alpha value is -4.64. The zero-order valence-electron chi connectivity index (χ0n) is 25.3. The van der Waals surface area contributed by atoms with Crippen molar-refractivity contribution in [1.82, 2.24) is 34.5 Å². The molecule has 4 heterocycles. The molecule has 2 aliphatic rings. The molecule has 1 unspecified atom stereocenters. The van der Waals surface area contributed by atoms with Gasteiger partial charge in [0.1, 0.15) is 23.7 Å². The zero-order valence-corrected chi connectivity index (χ0v) is 25.3. The van der Waals surface area contributed by atoms with Gasteiger partial charge in [0.25, 0.3) is 5.91 Å². The first-order chi connectivity index (χ1) is 21.4. The van der Waals surface area contributed by atoms with Gasteiger partial charge in [-0.05, 0) is 69.0 Å². The van der Waals surface area contributed by atoms with Crippen molar-refractivity contribution in [3.8, 4) is 11.3 Å². The van der Waals surface area contributed by atoms with Crippen LogP contribution in [-0.2, 0) is 11.2 Å². The molecule has 0 spiro atoms. The molecule has 3 aromatic heterocycles. The van der Waals surface area contributed by atoms with Crippen molar-refractivity contribution < 1.29 is 9.59 Å². The standard InChI is InChI=1S/C33H39N9O2/c1-3-6-22-15-16-35-27(19-22)38-33(44)24-11-9-23(10-12-24)30-29-31(34)36-21-37-32(29)42(39-30)26-7-4-18-41(20-26)28(43)8-5-17-40(2)25-13-14-25/h5,8-12,15-16,19,21,25-26H,3-4,6-7,13-14,17-18,20H2,1-2H3,(H2,34,36,37)(H,35,38,44)/b8-5+. The average Bonchev–Trinajstić information content (AvgIpc) is 3.82. The molecule has 0 radical (unpaired) electrons. The molecular weight excluding hydrogens is 554 g/mol. The number of hydrogen-bond donors (Lipinski definition) is 2. The van der Waals surface area contributed by atoms with Crippen LogP contribution in [0.1, 0.15) is 61.0 Å². The number of likely N-dealkylation sites (N-methyl/N-ethyl adjacent to an activating group) is 1. The summed E-state index contributed by atoms with van der Waals surface area (Å²) in [6.45, 7) is 4.14. The fraction of sp³-hybridized carbons (Fsp3) is 0.394. The highest BCUT2D eigenvalue weighted by Gasteiger charge is 2.29. The predicted molar refractivity (Wildman–Crippen MR) is 171 cm³/mol. The number of nitrogen functional groups attached to an aromatic ring is 1. The summed E-state index contributed by atoms with van der Waals surface area (Å²) in [6.07, 6.45) is 13.0. The van der Waals surface area contributed by atoms with Crippen LogP contribution in [0.15, 0.2) is 61.1 Å². The molecule has 1 aliphatic heterocycles. The van der Waals surface area contributed by atoms with Gasteiger partial charge in [-0.3, -0.25) is 14.5 Å². The molecule has 1 aliphatic carbocycles. The van der Waals surface area contributed by atoms with Gasteiger partial charge in [0.15, 0.2) is 5.65 Å². The summed E-state index contributed by atoms with van der Waals surface area (Å²) in [5.41, 5.74) is 10.1. The predicted octanol–water partition coefficient (Wildman–Crippen LogP) is 4.49. The number of fused-ring (bicyclic) bond motifs is 1. The normalized spacial score (nSPS) is 17.1. The summed E-state index contributed by atoms with van der Waals surface area (Å²) in [6, 6.07) is 11.7. The van der Waals surface area contributed by atoms with Crippen molar-refractivity contribution in [3.63, 3.8) is 0 Å². The van der Waals surface area contributed by atoms with Gasteiger partial charge in [0.05, 0.1) is 11.4 Å². The highest BCUT2D eigenvalue weighted by atomic mass is 16.2. The number of nitrogens with two attached hydrogens (primary N) is 1. The number of nitrogens with zero attached hydrogens (tertiary/aromatic N) is 7. The largest absolute Gasteiger partial charge is 0.383 e. The second kappa shape index (κ2) is 12.9. The Bertz CT molecular complexity index is 1680. The van der Waals surface area contributed by atoms with Gasteiger partial charge < -0.3 is 16.0 Å². The van der Waals surface area contributed by atoms with E-state index in [-0.39, 0.29) is 17.9 Å². The molecular formula is C33H39N9O2. The Morgan fingerprint density at radius 1 is 1.11 bits per heavy atom. The first-order valence-corrected chi connectivity index (χ1v) is 15.4. The van der Waals surface area contributed by atoms with Gasteiger partial charge >= 0.3 is 0 Å². The van der Waals surface area contributed by atoms with E-state index in [1.807, 2.05) is 39.9 Å². The Morgan fingerprint density at radius 2 is 1.93 bits per heavy atom. The van der Waals surface area contributed by atoms with Crippen LogP contribution in [0, 0.1) is 0 Å². The van der Waals surface area contributed by atoms with Crippen molar-refractivity contribution in [1.29, 1.82) is 0 Å². The third-order valence-electron chi connectivity index (χ3n) is 8.42. The van der Waals surface area contributed by atoms with E-state index in [1.165, 1.54) is 19.2 Å². The summed E-state index contributed by atoms with van der Waals surface area (Å²) in [5, 5.41) is 8.53. The molecule has 0 bridgehead atoms. The summed E-state index contributed by atoms with van der Waals surface area (Å²) in [7, 11) is 2.10. The average molecular weight is 594 g/mol. The van der Waals surface area contributed by atoms with Crippen LogP contribution in [0.2, 0.25) is 0 Å². The van der Waals surface area contributed by atoms with Gasteiger partial charge in [0.2, 0.25) is 5.91 Å². The topological polar surface area (TPSA) is 135 Å². The minimum Gasteiger partial charge on any atom is -0.383 e. The van der Waals surface area contributed by atoms with E-state index in [0.717, 1.165) is 43.4 Å². The summed E-state index contributed by atoms with van der Waals surface area (Å²) >= 11 is 0. The second-order valence-electron chi connectivity index (χ2n) is 11.7. The van der Waals surface area contributed by atoms with E-state index in [4.69, 9.17) is 10.8 Å². The molecule has 228 valence electrons. The lowest BCUT2D eigenvalue weighted by Crippen LogP contribution is -2.40. The number of likely N-dealkylation sites (tertiary alicyclic amines) is 1. The maximum Gasteiger partial charge on any atom is 0.256 e. The molecule has 3 N–H and O–H groups in total. The Labute approximate surface area is 257 Å². The number of pyridine rings is 1. The molecule has 1 saturated carbocycles. The Balaban J connectivity index is 1.20. The van der Waals surface area contributed by atoms with Crippen molar-refractivity contribution in [2.45, 2.75) is 57.5 Å². The van der Waals surface area contributed by atoms with Crippen LogP contribution in [0.25, 0.3) is 22.3 Å². The molecule has 1 aromatic carbocycles. The van der Waals surface area contributed by atoms with Crippen LogP contribution in [0.5, 0.6) is 0 Å². The van der Waals surface area contributed by atoms with Crippen LogP contribution in [0.3, 0.4) is 0 Å². The Morgan fingerprint density at radius 3 is 2.70 bits per heavy atom. The summed E-state index contributed by atoms with van der Waals surface area (Å²) in [5.74, 6) is 0.644. The number of carbonyl (C=O) groups excluding carboxylic acids is 2. The van der Waals surface area contributed by atoms with Gasteiger partial charge in [0, 0.05) is 49.1 Å². The smallest absolute Gasteiger partial charge is 0.256 e. The number of amides is 2. The minimum atomic E-state index is -0.240. The molecule has 1 atom stereocenters. The highest BCUT2D eigenvalue weighted by Crippen LogP contribution is 2.34. The van der Waals surface area contributed by atoms with E-state index >= 15 is 0 Å². The molecule has 6 rings (SSSR count). The van der Waals surface area contributed by atoms with E-state index in [1.54, 1.807) is 24.4 Å². The third-order valence-corrected chi connectivity index (χ3v) is 8.42. The van der Waals surface area contributed by atoms with Crippen molar-refractivity contribution in [2.75, 3.05) is 37.7 Å². The number of hydrogen-bond acceptors (Lipinski definition) is 8. The van der Waals surface area contributed by atoms with Crippen molar-refractivity contribution >= 4 is 34.5 Å². The molecule has 1 saturated heterocycles. The van der Waals surface area contributed by atoms with Crippen molar-refractivity contribution in [3.05, 3.63) is 72.2 Å². The molecule has 11 nitrogen and oxygen atoms in total. The fourth-order valence-electron chi connectivity index (χ4n) is 5.85. The van der Waals surface area contributed by atoms with E-state index in [2.05, 4.69) is 39.1 Å². The van der Waals surface area contributed by atoms with Gasteiger partial charge in [-0.2, -0.15) is 5.10 Å². The number of nitrogens with one attached hydrogen (secondary N) is 1. The maximum atomic E-state index is 13.0. The zero-order chi connectivity index (χ0) is 30.6. The quantitative estimate of drug-likeness (QED) is 0.257. The van der Waals surface area contributed by atoms with Gasteiger partial charge in [-0.1, -0.05) is 31.6 Å². The minimum absolute atomic E-state index is 0.0193. The van der Waals surface area contributed by atoms with E-state index in [0.29, 0.717) is 53.1 Å². The summed E-state index contributed by atoms with van der Waals surface area (Å²) in [4.78, 5) is 43.3.